The van der Waals surface area contributed by atoms with E-state index >= 15 is 0 Å². The number of nitrogens with zero attached hydrogens (tertiary/aromatic N) is 1. The molecular weight excluding hydrogens is 318 g/mol. The molecule has 6 heteroatoms. The molecule has 25 heavy (non-hydrogen) atoms. The first-order chi connectivity index (χ1) is 12.1. The Kier molecular flexibility index (Phi) is 4.40. The maximum absolute atomic E-state index is 12.6. The summed E-state index contributed by atoms with van der Waals surface area (Å²) in [4.78, 5) is 25.1. The zero-order chi connectivity index (χ0) is 17.9. The first-order valence-corrected chi connectivity index (χ1v) is 7.84. The Labute approximate surface area is 145 Å². The average Bonchev–Trinajstić information content (AvgIpc) is 3.44. The van der Waals surface area contributed by atoms with Crippen LogP contribution in [0.2, 0.25) is 0 Å². The van der Waals surface area contributed by atoms with Crippen molar-refractivity contribution in [2.75, 3.05) is 17.7 Å². The van der Waals surface area contributed by atoms with E-state index in [1.165, 1.54) is 0 Å². The first kappa shape index (κ1) is 16.5. The fraction of sp³-hybridized carbons (Fsp3) is 0.211. The molecule has 3 rings (SSSR count). The normalized spacial score (nSPS) is 14.1. The smallest absolute Gasteiger partial charge is 0.240 e. The molecule has 0 radical (unpaired) electrons. The van der Waals surface area contributed by atoms with Crippen LogP contribution in [0.15, 0.2) is 48.5 Å². The Balaban J connectivity index is 1.68. The van der Waals surface area contributed by atoms with Crippen LogP contribution in [0, 0.1) is 16.7 Å². The second-order valence-corrected chi connectivity index (χ2v) is 5.91. The molecule has 1 saturated carbocycles. The summed E-state index contributed by atoms with van der Waals surface area (Å²) < 4.78 is 5.13. The standard InChI is InChI=1S/C19H17N3O3/c1-25-16-4-2-3-15(11-16)22-18(24)19(9-10-19)17(23)21-14-7-5-13(12-20)6-8-14/h2-8,11H,9-10H2,1H3,(H,21,23)(H,22,24). The Morgan fingerprint density at radius 3 is 2.24 bits per heavy atom. The number of carbonyl (C=O) groups is 2. The van der Waals surface area contributed by atoms with E-state index in [-0.39, 0.29) is 11.8 Å². The number of nitriles is 1. The topological polar surface area (TPSA) is 91.2 Å². The number of benzene rings is 2. The van der Waals surface area contributed by atoms with Crippen LogP contribution in [-0.4, -0.2) is 18.9 Å². The Morgan fingerprint density at radius 1 is 1.04 bits per heavy atom. The third kappa shape index (κ3) is 3.45. The number of ether oxygens (including phenoxy) is 1. The molecule has 1 aliphatic carbocycles. The summed E-state index contributed by atoms with van der Waals surface area (Å²) in [6, 6.07) is 15.5. The van der Waals surface area contributed by atoms with Crippen molar-refractivity contribution in [3.8, 4) is 11.8 Å². The van der Waals surface area contributed by atoms with Gasteiger partial charge in [-0.3, -0.25) is 9.59 Å². The highest BCUT2D eigenvalue weighted by molar-refractivity contribution is 6.16. The van der Waals surface area contributed by atoms with Crippen molar-refractivity contribution in [2.24, 2.45) is 5.41 Å². The number of hydrogen-bond donors (Lipinski definition) is 2. The fourth-order valence-electron chi connectivity index (χ4n) is 2.51. The van der Waals surface area contributed by atoms with E-state index in [1.54, 1.807) is 55.6 Å². The maximum Gasteiger partial charge on any atom is 0.240 e. The number of methoxy groups -OCH3 is 1. The Hall–Kier alpha value is -3.33. The van der Waals surface area contributed by atoms with Gasteiger partial charge in [-0.1, -0.05) is 6.07 Å². The van der Waals surface area contributed by atoms with E-state index in [9.17, 15) is 9.59 Å². The van der Waals surface area contributed by atoms with E-state index in [2.05, 4.69) is 10.6 Å². The molecule has 0 saturated heterocycles. The van der Waals surface area contributed by atoms with Crippen LogP contribution >= 0.6 is 0 Å². The molecule has 2 amide bonds. The lowest BCUT2D eigenvalue weighted by atomic mass is 10.0. The molecule has 0 bridgehead atoms. The van der Waals surface area contributed by atoms with Crippen molar-refractivity contribution in [3.63, 3.8) is 0 Å². The van der Waals surface area contributed by atoms with Crippen molar-refractivity contribution in [1.82, 2.24) is 0 Å². The molecule has 2 N–H and O–H groups in total. The van der Waals surface area contributed by atoms with Gasteiger partial charge in [0.05, 0.1) is 18.7 Å². The van der Waals surface area contributed by atoms with Gasteiger partial charge in [0, 0.05) is 17.4 Å². The third-order valence-electron chi connectivity index (χ3n) is 4.22. The second kappa shape index (κ2) is 6.65. The van der Waals surface area contributed by atoms with E-state index < -0.39 is 5.41 Å². The minimum atomic E-state index is -1.04. The van der Waals surface area contributed by atoms with Crippen LogP contribution in [0.1, 0.15) is 18.4 Å². The summed E-state index contributed by atoms with van der Waals surface area (Å²) in [6.07, 6.45) is 1.01. The van der Waals surface area contributed by atoms with Gasteiger partial charge in [0.2, 0.25) is 11.8 Å². The Morgan fingerprint density at radius 2 is 1.68 bits per heavy atom. The summed E-state index contributed by atoms with van der Waals surface area (Å²) in [5.41, 5.74) is 0.609. The van der Waals surface area contributed by atoms with Crippen molar-refractivity contribution >= 4 is 23.2 Å². The summed E-state index contributed by atoms with van der Waals surface area (Å²) in [5.74, 6) is -0.0332. The van der Waals surface area contributed by atoms with Crippen LogP contribution in [0.5, 0.6) is 5.75 Å². The van der Waals surface area contributed by atoms with Gasteiger partial charge in [-0.25, -0.2) is 0 Å². The van der Waals surface area contributed by atoms with Gasteiger partial charge in [0.1, 0.15) is 11.2 Å². The molecule has 0 atom stereocenters. The number of rotatable bonds is 5. The SMILES string of the molecule is COc1cccc(NC(=O)C2(C(=O)Nc3ccc(C#N)cc3)CC2)c1. The van der Waals surface area contributed by atoms with Gasteiger partial charge in [0.25, 0.3) is 0 Å². The highest BCUT2D eigenvalue weighted by Crippen LogP contribution is 2.47. The maximum atomic E-state index is 12.6. The van der Waals surface area contributed by atoms with Gasteiger partial charge in [-0.05, 0) is 49.2 Å². The van der Waals surface area contributed by atoms with Gasteiger partial charge in [-0.15, -0.1) is 0 Å². The lowest BCUT2D eigenvalue weighted by Gasteiger charge is -2.16. The lowest BCUT2D eigenvalue weighted by molar-refractivity contribution is -0.131. The molecule has 6 nitrogen and oxygen atoms in total. The number of amides is 2. The van der Waals surface area contributed by atoms with Gasteiger partial charge in [-0.2, -0.15) is 5.26 Å². The summed E-state index contributed by atoms with van der Waals surface area (Å²) >= 11 is 0. The molecule has 1 aliphatic rings. The molecule has 126 valence electrons. The van der Waals surface area contributed by atoms with Crippen LogP contribution < -0.4 is 15.4 Å². The summed E-state index contributed by atoms with van der Waals surface area (Å²) in [5, 5.41) is 14.3. The van der Waals surface area contributed by atoms with E-state index in [4.69, 9.17) is 10.00 Å². The molecule has 0 aliphatic heterocycles. The predicted octanol–water partition coefficient (Wildman–Crippen LogP) is 2.92. The minimum Gasteiger partial charge on any atom is -0.497 e. The predicted molar refractivity (Wildman–Crippen MR) is 93.1 cm³/mol. The molecule has 0 unspecified atom stereocenters. The lowest BCUT2D eigenvalue weighted by Crippen LogP contribution is -2.35. The van der Waals surface area contributed by atoms with Crippen molar-refractivity contribution in [2.45, 2.75) is 12.8 Å². The Bertz CT molecular complexity index is 849. The number of hydrogen-bond acceptors (Lipinski definition) is 4. The van der Waals surface area contributed by atoms with Crippen molar-refractivity contribution < 1.29 is 14.3 Å². The largest absolute Gasteiger partial charge is 0.497 e. The quantitative estimate of drug-likeness (QED) is 0.822. The molecule has 0 heterocycles. The summed E-state index contributed by atoms with van der Waals surface area (Å²) in [7, 11) is 1.55. The first-order valence-electron chi connectivity index (χ1n) is 7.84. The van der Waals surface area contributed by atoms with Crippen molar-refractivity contribution in [1.29, 1.82) is 5.26 Å². The van der Waals surface area contributed by atoms with Crippen LogP contribution in [0.25, 0.3) is 0 Å². The minimum absolute atomic E-state index is 0.327. The third-order valence-corrected chi connectivity index (χ3v) is 4.22. The van der Waals surface area contributed by atoms with E-state index in [0.29, 0.717) is 35.5 Å². The van der Waals surface area contributed by atoms with Gasteiger partial charge >= 0.3 is 0 Å². The highest BCUT2D eigenvalue weighted by Gasteiger charge is 2.56. The number of anilines is 2. The number of carbonyl (C=O) groups excluding carboxylic acids is 2. The van der Waals surface area contributed by atoms with E-state index in [1.807, 2.05) is 6.07 Å². The molecule has 2 aromatic rings. The zero-order valence-electron chi connectivity index (χ0n) is 13.7. The molecule has 1 fully saturated rings. The van der Waals surface area contributed by atoms with Gasteiger partial charge in [0.15, 0.2) is 0 Å². The van der Waals surface area contributed by atoms with Crippen LogP contribution in [0.3, 0.4) is 0 Å². The molecular formula is C19H17N3O3. The second-order valence-electron chi connectivity index (χ2n) is 5.91. The van der Waals surface area contributed by atoms with E-state index in [0.717, 1.165) is 0 Å². The molecule has 2 aromatic carbocycles. The van der Waals surface area contributed by atoms with Crippen LogP contribution in [-0.2, 0) is 9.59 Å². The van der Waals surface area contributed by atoms with Gasteiger partial charge < -0.3 is 15.4 Å². The number of nitrogens with one attached hydrogen (secondary N) is 2. The van der Waals surface area contributed by atoms with Crippen LogP contribution in [0.4, 0.5) is 11.4 Å². The zero-order valence-corrected chi connectivity index (χ0v) is 13.7. The highest BCUT2D eigenvalue weighted by atomic mass is 16.5. The summed E-state index contributed by atoms with van der Waals surface area (Å²) in [6.45, 7) is 0. The molecule has 0 spiro atoms. The monoisotopic (exact) mass is 335 g/mol. The molecule has 0 aromatic heterocycles. The fourth-order valence-corrected chi connectivity index (χ4v) is 2.51. The van der Waals surface area contributed by atoms with Crippen molar-refractivity contribution in [3.05, 3.63) is 54.1 Å². The average molecular weight is 335 g/mol.